The first-order chi connectivity index (χ1) is 11.9. The van der Waals surface area contributed by atoms with Crippen LogP contribution < -0.4 is 0 Å². The maximum absolute atomic E-state index is 12.1. The van der Waals surface area contributed by atoms with Crippen LogP contribution in [0.1, 0.15) is 29.8 Å². The van der Waals surface area contributed by atoms with Crippen LogP contribution in [-0.2, 0) is 30.4 Å². The minimum absolute atomic E-state index is 0.0125. The van der Waals surface area contributed by atoms with Crippen LogP contribution in [-0.4, -0.2) is 42.3 Å². The fraction of sp³-hybridized carbons (Fsp3) is 0.389. The molecule has 1 aromatic carbocycles. The number of carbonyl (C=O) groups is 3. The van der Waals surface area contributed by atoms with Crippen LogP contribution in [0.25, 0.3) is 0 Å². The molecular weight excluding hydrogens is 328 g/mol. The Morgan fingerprint density at radius 1 is 1.24 bits per heavy atom. The zero-order valence-electron chi connectivity index (χ0n) is 14.3. The molecule has 25 heavy (non-hydrogen) atoms. The standard InChI is InChI=1S/C18H22O7/c1-4-16(20)23-10-13-6-5-7-14(8-13)18(22)25-15(9-19)11-24-17(21)12(2)3/h4-8,12,15,19H,1,9-11H2,2-3H3. The van der Waals surface area contributed by atoms with Crippen molar-refractivity contribution in [2.75, 3.05) is 13.2 Å². The minimum atomic E-state index is -0.961. The molecule has 1 atom stereocenters. The van der Waals surface area contributed by atoms with Gasteiger partial charge in [-0.3, -0.25) is 4.79 Å². The predicted octanol–water partition coefficient (Wildman–Crippen LogP) is 1.63. The Bertz CT molecular complexity index is 622. The van der Waals surface area contributed by atoms with Crippen molar-refractivity contribution in [3.05, 3.63) is 48.0 Å². The fourth-order valence-electron chi connectivity index (χ4n) is 1.69. The summed E-state index contributed by atoms with van der Waals surface area (Å²) in [7, 11) is 0. The molecule has 1 N–H and O–H groups in total. The lowest BCUT2D eigenvalue weighted by Crippen LogP contribution is -2.29. The molecule has 0 aliphatic rings. The SMILES string of the molecule is C=CC(=O)OCc1cccc(C(=O)OC(CO)COC(=O)C(C)C)c1. The van der Waals surface area contributed by atoms with E-state index < -0.39 is 30.6 Å². The summed E-state index contributed by atoms with van der Waals surface area (Å²) < 4.78 is 15.0. The lowest BCUT2D eigenvalue weighted by molar-refractivity contribution is -0.151. The average Bonchev–Trinajstić information content (AvgIpc) is 2.62. The topological polar surface area (TPSA) is 99.1 Å². The first kappa shape index (κ1) is 20.4. The highest BCUT2D eigenvalue weighted by Crippen LogP contribution is 2.10. The Kier molecular flexibility index (Phi) is 8.35. The molecule has 0 aromatic heterocycles. The third-order valence-electron chi connectivity index (χ3n) is 3.07. The zero-order valence-corrected chi connectivity index (χ0v) is 14.3. The maximum Gasteiger partial charge on any atom is 0.338 e. The van der Waals surface area contributed by atoms with Gasteiger partial charge in [0.25, 0.3) is 0 Å². The molecule has 0 aliphatic heterocycles. The van der Waals surface area contributed by atoms with Crippen molar-refractivity contribution in [3.8, 4) is 0 Å². The van der Waals surface area contributed by atoms with Gasteiger partial charge in [-0.2, -0.15) is 0 Å². The molecule has 0 saturated heterocycles. The second kappa shape index (κ2) is 10.2. The molecule has 0 radical (unpaired) electrons. The second-order valence-corrected chi connectivity index (χ2v) is 5.51. The summed E-state index contributed by atoms with van der Waals surface area (Å²) in [5, 5.41) is 9.26. The van der Waals surface area contributed by atoms with E-state index in [-0.39, 0.29) is 24.7 Å². The second-order valence-electron chi connectivity index (χ2n) is 5.51. The maximum atomic E-state index is 12.1. The van der Waals surface area contributed by atoms with E-state index in [4.69, 9.17) is 14.2 Å². The summed E-state index contributed by atoms with van der Waals surface area (Å²) >= 11 is 0. The van der Waals surface area contributed by atoms with Crippen molar-refractivity contribution in [2.24, 2.45) is 5.92 Å². The molecule has 0 fully saturated rings. The van der Waals surface area contributed by atoms with Gasteiger partial charge in [-0.05, 0) is 17.7 Å². The predicted molar refractivity (Wildman–Crippen MR) is 88.5 cm³/mol. The molecule has 1 aromatic rings. The highest BCUT2D eigenvalue weighted by molar-refractivity contribution is 5.89. The van der Waals surface area contributed by atoms with Crippen molar-refractivity contribution in [3.63, 3.8) is 0 Å². The Hall–Kier alpha value is -2.67. The molecule has 0 amide bonds. The first-order valence-corrected chi connectivity index (χ1v) is 7.74. The lowest BCUT2D eigenvalue weighted by atomic mass is 10.1. The van der Waals surface area contributed by atoms with Crippen LogP contribution in [0.15, 0.2) is 36.9 Å². The van der Waals surface area contributed by atoms with Crippen LogP contribution in [0.4, 0.5) is 0 Å². The molecule has 0 spiro atoms. The number of aliphatic hydroxyl groups is 1. The van der Waals surface area contributed by atoms with Gasteiger partial charge in [0, 0.05) is 6.08 Å². The van der Waals surface area contributed by atoms with Crippen molar-refractivity contribution in [1.82, 2.24) is 0 Å². The smallest absolute Gasteiger partial charge is 0.338 e. The van der Waals surface area contributed by atoms with Crippen molar-refractivity contribution in [2.45, 2.75) is 26.6 Å². The van der Waals surface area contributed by atoms with E-state index in [0.29, 0.717) is 5.56 Å². The molecule has 7 nitrogen and oxygen atoms in total. The summed E-state index contributed by atoms with van der Waals surface area (Å²) in [5.74, 6) is -2.01. The summed E-state index contributed by atoms with van der Waals surface area (Å²) in [6.07, 6.45) is 0.0834. The van der Waals surface area contributed by atoms with Crippen LogP contribution in [0.5, 0.6) is 0 Å². The van der Waals surface area contributed by atoms with Gasteiger partial charge in [0.1, 0.15) is 13.2 Å². The van der Waals surface area contributed by atoms with Crippen LogP contribution >= 0.6 is 0 Å². The van der Waals surface area contributed by atoms with Crippen LogP contribution in [0, 0.1) is 5.92 Å². The Morgan fingerprint density at radius 3 is 2.56 bits per heavy atom. The van der Waals surface area contributed by atoms with Gasteiger partial charge < -0.3 is 19.3 Å². The van der Waals surface area contributed by atoms with E-state index in [9.17, 15) is 19.5 Å². The van der Waals surface area contributed by atoms with E-state index in [1.54, 1.807) is 26.0 Å². The molecule has 0 bridgehead atoms. The minimum Gasteiger partial charge on any atom is -0.461 e. The van der Waals surface area contributed by atoms with Gasteiger partial charge in [-0.15, -0.1) is 0 Å². The van der Waals surface area contributed by atoms with Gasteiger partial charge in [0.2, 0.25) is 0 Å². The third kappa shape index (κ3) is 7.17. The molecule has 0 saturated carbocycles. The summed E-state index contributed by atoms with van der Waals surface area (Å²) in [6.45, 7) is 5.92. The van der Waals surface area contributed by atoms with Crippen molar-refractivity contribution in [1.29, 1.82) is 0 Å². The van der Waals surface area contributed by atoms with Gasteiger partial charge in [0.15, 0.2) is 6.10 Å². The number of benzene rings is 1. The molecular formula is C18H22O7. The summed E-state index contributed by atoms with van der Waals surface area (Å²) in [4.78, 5) is 34.6. The Morgan fingerprint density at radius 2 is 1.96 bits per heavy atom. The highest BCUT2D eigenvalue weighted by Gasteiger charge is 2.19. The van der Waals surface area contributed by atoms with E-state index in [1.165, 1.54) is 12.1 Å². The van der Waals surface area contributed by atoms with Crippen molar-refractivity contribution >= 4 is 17.9 Å². The number of esters is 3. The van der Waals surface area contributed by atoms with Crippen LogP contribution in [0.2, 0.25) is 0 Å². The molecule has 0 heterocycles. The molecule has 136 valence electrons. The molecule has 1 rings (SSSR count). The molecule has 1 unspecified atom stereocenters. The fourth-order valence-corrected chi connectivity index (χ4v) is 1.69. The molecule has 7 heteroatoms. The Labute approximate surface area is 146 Å². The number of hydrogen-bond acceptors (Lipinski definition) is 7. The highest BCUT2D eigenvalue weighted by atomic mass is 16.6. The number of ether oxygens (including phenoxy) is 3. The Balaban J connectivity index is 2.64. The first-order valence-electron chi connectivity index (χ1n) is 7.74. The van der Waals surface area contributed by atoms with Crippen molar-refractivity contribution < 1.29 is 33.7 Å². The van der Waals surface area contributed by atoms with Gasteiger partial charge in [0.05, 0.1) is 18.1 Å². The monoisotopic (exact) mass is 350 g/mol. The normalized spacial score (nSPS) is 11.5. The van der Waals surface area contributed by atoms with E-state index in [2.05, 4.69) is 6.58 Å². The van der Waals surface area contributed by atoms with E-state index in [0.717, 1.165) is 6.08 Å². The molecule has 0 aliphatic carbocycles. The zero-order chi connectivity index (χ0) is 18.8. The largest absolute Gasteiger partial charge is 0.461 e. The van der Waals surface area contributed by atoms with Crippen LogP contribution in [0.3, 0.4) is 0 Å². The number of hydrogen-bond donors (Lipinski definition) is 1. The lowest BCUT2D eigenvalue weighted by Gasteiger charge is -2.16. The van der Waals surface area contributed by atoms with Gasteiger partial charge in [-0.25, -0.2) is 9.59 Å². The number of carbonyl (C=O) groups excluding carboxylic acids is 3. The number of rotatable bonds is 9. The quantitative estimate of drug-likeness (QED) is 0.410. The van der Waals surface area contributed by atoms with Gasteiger partial charge >= 0.3 is 17.9 Å². The summed E-state index contributed by atoms with van der Waals surface area (Å²) in [5.41, 5.74) is 0.817. The number of aliphatic hydroxyl groups excluding tert-OH is 1. The van der Waals surface area contributed by atoms with E-state index in [1.807, 2.05) is 0 Å². The summed E-state index contributed by atoms with van der Waals surface area (Å²) in [6, 6.07) is 6.32. The average molecular weight is 350 g/mol. The van der Waals surface area contributed by atoms with E-state index >= 15 is 0 Å². The van der Waals surface area contributed by atoms with Gasteiger partial charge in [-0.1, -0.05) is 32.6 Å². The third-order valence-corrected chi connectivity index (χ3v) is 3.07.